The minimum Gasteiger partial charge on any atom is -0.0622 e. The second kappa shape index (κ2) is 5.95. The van der Waals surface area contributed by atoms with Crippen molar-refractivity contribution in [1.29, 1.82) is 0 Å². The molecule has 0 heterocycles. The minimum absolute atomic E-state index is 0.221. The Hall–Kier alpha value is -1.13. The first-order chi connectivity index (χ1) is 12.2. The molecule has 0 amide bonds. The quantitative estimate of drug-likeness (QED) is 0.609. The molecule has 0 aliphatic heterocycles. The van der Waals surface area contributed by atoms with Crippen molar-refractivity contribution in [2.75, 3.05) is 0 Å². The molecule has 3 saturated carbocycles. The van der Waals surface area contributed by atoms with Crippen LogP contribution >= 0.6 is 7.92 Å². The van der Waals surface area contributed by atoms with Gasteiger partial charge in [0.1, 0.15) is 0 Å². The van der Waals surface area contributed by atoms with Crippen molar-refractivity contribution in [3.05, 3.63) is 60.7 Å². The van der Waals surface area contributed by atoms with Crippen molar-refractivity contribution in [2.45, 2.75) is 57.5 Å². The summed E-state index contributed by atoms with van der Waals surface area (Å²) in [5.74, 6) is 1.04. The van der Waals surface area contributed by atoms with Gasteiger partial charge in [-0.25, -0.2) is 0 Å². The molecular weight excluding hydrogens is 319 g/mol. The molecule has 0 N–H and O–H groups in total. The Morgan fingerprint density at radius 3 is 2.00 bits per heavy atom. The molecule has 3 fully saturated rings. The first-order valence-corrected chi connectivity index (χ1v) is 11.6. The highest BCUT2D eigenvalue weighted by Gasteiger charge is 2.74. The Balaban J connectivity index is 1.48. The average Bonchev–Trinajstić information content (AvgIpc) is 2.94. The summed E-state index contributed by atoms with van der Waals surface area (Å²) < 4.78 is 0. The first-order valence-electron chi connectivity index (χ1n) is 10.1. The summed E-state index contributed by atoms with van der Waals surface area (Å²) in [4.78, 5) is 0. The third kappa shape index (κ3) is 2.37. The van der Waals surface area contributed by atoms with Gasteiger partial charge in [-0.3, -0.25) is 0 Å². The van der Waals surface area contributed by atoms with Gasteiger partial charge in [-0.15, -0.1) is 0 Å². The van der Waals surface area contributed by atoms with E-state index in [1.165, 1.54) is 44.9 Å². The third-order valence-corrected chi connectivity index (χ3v) is 10.8. The van der Waals surface area contributed by atoms with Crippen LogP contribution in [-0.4, -0.2) is 5.66 Å². The molecule has 0 nitrogen and oxygen atoms in total. The number of hydrogen-bond acceptors (Lipinski definition) is 0. The number of hydrogen-bond donors (Lipinski definition) is 0. The van der Waals surface area contributed by atoms with Crippen LogP contribution in [0.4, 0.5) is 0 Å². The summed E-state index contributed by atoms with van der Waals surface area (Å²) in [6, 6.07) is 22.8. The molecule has 2 aromatic carbocycles. The Kier molecular flexibility index (Phi) is 3.83. The second-order valence-electron chi connectivity index (χ2n) is 8.81. The molecule has 0 saturated heterocycles. The van der Waals surface area contributed by atoms with Crippen molar-refractivity contribution in [1.82, 2.24) is 0 Å². The van der Waals surface area contributed by atoms with Gasteiger partial charge in [0, 0.05) is 0 Å². The molecule has 3 unspecified atom stereocenters. The number of rotatable bonds is 3. The van der Waals surface area contributed by atoms with Crippen molar-refractivity contribution >= 4 is 18.5 Å². The lowest BCUT2D eigenvalue weighted by molar-refractivity contribution is 0.326. The van der Waals surface area contributed by atoms with E-state index in [0.717, 1.165) is 11.6 Å². The van der Waals surface area contributed by atoms with Gasteiger partial charge < -0.3 is 0 Å². The van der Waals surface area contributed by atoms with Gasteiger partial charge in [0.2, 0.25) is 0 Å². The van der Waals surface area contributed by atoms with E-state index in [0.29, 0.717) is 10.8 Å². The molecule has 25 heavy (non-hydrogen) atoms. The van der Waals surface area contributed by atoms with Crippen LogP contribution in [0, 0.1) is 16.7 Å². The molecule has 3 aliphatic rings. The van der Waals surface area contributed by atoms with Crippen LogP contribution in [-0.2, 0) is 0 Å². The lowest BCUT2D eigenvalue weighted by Gasteiger charge is -2.26. The molecule has 0 bridgehead atoms. The fourth-order valence-corrected chi connectivity index (χ4v) is 9.69. The Morgan fingerprint density at radius 1 is 0.800 bits per heavy atom. The van der Waals surface area contributed by atoms with E-state index in [4.69, 9.17) is 0 Å². The highest BCUT2D eigenvalue weighted by atomic mass is 31.1. The summed E-state index contributed by atoms with van der Waals surface area (Å²) >= 11 is 0. The highest BCUT2D eigenvalue weighted by Crippen LogP contribution is 2.81. The largest absolute Gasteiger partial charge is 0.0622 e. The van der Waals surface area contributed by atoms with Crippen LogP contribution in [0.15, 0.2) is 60.7 Å². The van der Waals surface area contributed by atoms with Crippen LogP contribution in [0.3, 0.4) is 0 Å². The highest BCUT2D eigenvalue weighted by molar-refractivity contribution is 7.73. The monoisotopic (exact) mass is 348 g/mol. The zero-order valence-corrected chi connectivity index (χ0v) is 16.2. The van der Waals surface area contributed by atoms with Gasteiger partial charge in [0.15, 0.2) is 0 Å². The molecule has 0 aromatic heterocycles. The lowest BCUT2D eigenvalue weighted by atomic mass is 9.87. The van der Waals surface area contributed by atoms with E-state index in [2.05, 4.69) is 67.6 Å². The van der Waals surface area contributed by atoms with Crippen LogP contribution in [0.1, 0.15) is 51.9 Å². The topological polar surface area (TPSA) is 0 Å². The fraction of sp³-hybridized carbons (Fsp3) is 0.500. The Labute approximate surface area is 153 Å². The summed E-state index contributed by atoms with van der Waals surface area (Å²) in [5, 5.41) is 3.17. The average molecular weight is 348 g/mol. The van der Waals surface area contributed by atoms with Gasteiger partial charge in [0.05, 0.1) is 0 Å². The summed E-state index contributed by atoms with van der Waals surface area (Å²) in [6.07, 6.45) is 10.4. The van der Waals surface area contributed by atoms with Gasteiger partial charge >= 0.3 is 0 Å². The van der Waals surface area contributed by atoms with E-state index in [-0.39, 0.29) is 7.92 Å². The van der Waals surface area contributed by atoms with E-state index in [1.807, 2.05) is 0 Å². The summed E-state index contributed by atoms with van der Waals surface area (Å²) in [6.45, 7) is 2.63. The maximum atomic E-state index is 2.63. The van der Waals surface area contributed by atoms with Crippen LogP contribution in [0.5, 0.6) is 0 Å². The second-order valence-corrected chi connectivity index (χ2v) is 11.3. The molecule has 0 radical (unpaired) electrons. The molecule has 3 aliphatic carbocycles. The molecule has 2 aromatic rings. The molecular formula is C24H29P. The van der Waals surface area contributed by atoms with E-state index in [9.17, 15) is 0 Å². The lowest BCUT2D eigenvalue weighted by Crippen LogP contribution is -2.20. The first kappa shape index (κ1) is 16.1. The summed E-state index contributed by atoms with van der Waals surface area (Å²) in [7, 11) is -0.221. The molecule has 5 rings (SSSR count). The number of fused-ring (bicyclic) bond motifs is 3. The van der Waals surface area contributed by atoms with Crippen molar-refractivity contribution < 1.29 is 0 Å². The normalized spacial score (nSPS) is 36.6. The Morgan fingerprint density at radius 2 is 1.44 bits per heavy atom. The van der Waals surface area contributed by atoms with E-state index < -0.39 is 0 Å². The van der Waals surface area contributed by atoms with Gasteiger partial charge in [-0.05, 0) is 73.0 Å². The zero-order valence-electron chi connectivity index (χ0n) is 15.3. The molecule has 4 atom stereocenters. The van der Waals surface area contributed by atoms with Gasteiger partial charge in [0.25, 0.3) is 0 Å². The predicted molar refractivity (Wildman–Crippen MR) is 109 cm³/mol. The van der Waals surface area contributed by atoms with Gasteiger partial charge in [-0.2, -0.15) is 0 Å². The molecule has 1 spiro atoms. The standard InChI is InChI=1S/C24H29P/c1-23-16-9-8-14-22(23)24(23)17-15-21(18-24)25(19-10-4-2-5-11-19)20-12-6-3-7-13-20/h2-7,10-13,21-22H,8-9,14-18H2,1H3/t21-,22?,23?,24?/m1/s1. The van der Waals surface area contributed by atoms with Gasteiger partial charge in [-0.1, -0.05) is 80.4 Å². The minimum atomic E-state index is -0.221. The SMILES string of the molecule is CC12CCCCC1C21CC[C@@H](P(c2ccccc2)c2ccccc2)C1. The van der Waals surface area contributed by atoms with Crippen LogP contribution in [0.2, 0.25) is 0 Å². The maximum absolute atomic E-state index is 2.63. The zero-order chi connectivity index (χ0) is 16.9. The van der Waals surface area contributed by atoms with Crippen molar-refractivity contribution in [2.24, 2.45) is 16.7 Å². The summed E-state index contributed by atoms with van der Waals surface area (Å²) in [5.41, 5.74) is 2.27. The van der Waals surface area contributed by atoms with Crippen LogP contribution in [0.25, 0.3) is 0 Å². The predicted octanol–water partition coefficient (Wildman–Crippen LogP) is 5.87. The molecule has 130 valence electrons. The third-order valence-electron chi connectivity index (χ3n) is 7.89. The molecule has 1 heteroatoms. The van der Waals surface area contributed by atoms with Crippen molar-refractivity contribution in [3.63, 3.8) is 0 Å². The Bertz CT molecular complexity index is 700. The smallest absolute Gasteiger partial charge is 0.0123 e. The number of benzene rings is 2. The fourth-order valence-electron chi connectivity index (χ4n) is 6.66. The maximum Gasteiger partial charge on any atom is -0.0123 e. The van der Waals surface area contributed by atoms with Crippen molar-refractivity contribution in [3.8, 4) is 0 Å². The van der Waals surface area contributed by atoms with Crippen LogP contribution < -0.4 is 10.6 Å². The van der Waals surface area contributed by atoms with E-state index >= 15 is 0 Å². The van der Waals surface area contributed by atoms with E-state index in [1.54, 1.807) is 10.6 Å².